The fourth-order valence-electron chi connectivity index (χ4n) is 1.94. The molecular formula is C13H36Cl4N4O2. The number of aliphatic hydroxyl groups excluding tert-OH is 2. The van der Waals surface area contributed by atoms with Crippen LogP contribution in [0.25, 0.3) is 0 Å². The normalized spacial score (nSPS) is 12.0. The van der Waals surface area contributed by atoms with E-state index in [1.165, 1.54) is 0 Å². The number of likely N-dealkylation sites (N-methyl/N-ethyl adjacent to an activating group) is 2. The first kappa shape index (κ1) is 35.1. The summed E-state index contributed by atoms with van der Waals surface area (Å²) in [5.41, 5.74) is 0. The Hall–Kier alpha value is 0.920. The Balaban J connectivity index is -0.000000270. The molecule has 10 heteroatoms. The fourth-order valence-corrected chi connectivity index (χ4v) is 1.94. The van der Waals surface area contributed by atoms with Crippen molar-refractivity contribution in [3.63, 3.8) is 0 Å². The summed E-state index contributed by atoms with van der Waals surface area (Å²) in [5.74, 6) is 0. The van der Waals surface area contributed by atoms with Gasteiger partial charge in [-0.05, 0) is 13.8 Å². The van der Waals surface area contributed by atoms with Crippen molar-refractivity contribution in [1.82, 2.24) is 0 Å². The molecule has 0 rings (SSSR count). The number of hydrogen-bond acceptors (Lipinski definition) is 2. The van der Waals surface area contributed by atoms with Crippen LogP contribution in [0.5, 0.6) is 0 Å². The number of rotatable bonds is 14. The van der Waals surface area contributed by atoms with E-state index in [9.17, 15) is 10.2 Å². The molecular weight excluding hydrogens is 386 g/mol. The second-order valence-electron chi connectivity index (χ2n) is 5.15. The molecule has 0 radical (unpaired) electrons. The second-order valence-corrected chi connectivity index (χ2v) is 5.15. The molecule has 0 aromatic carbocycles. The monoisotopic (exact) mass is 420 g/mol. The molecule has 23 heavy (non-hydrogen) atoms. The summed E-state index contributed by atoms with van der Waals surface area (Å²) in [7, 11) is 0. The van der Waals surface area contributed by atoms with Gasteiger partial charge in [-0.1, -0.05) is 0 Å². The highest BCUT2D eigenvalue weighted by atomic mass is 35.5. The Morgan fingerprint density at radius 3 is 1.22 bits per heavy atom. The van der Waals surface area contributed by atoms with Crippen molar-refractivity contribution in [3.8, 4) is 0 Å². The van der Waals surface area contributed by atoms with Crippen LogP contribution in [0.15, 0.2) is 0 Å². The van der Waals surface area contributed by atoms with Crippen LogP contribution >= 0.6 is 0 Å². The standard InChI is InChI=1S/C13H32N4O2.4ClH/c1-3-14-8-12(18)10-16-6-5-7-17-11-13(19)9-15-4-2;;;;/h12-19H,3-11H2,1-2H3;4*1H/t12-,13-;;;;/m1..../s1. The fraction of sp³-hybridized carbons (Fsp3) is 1.00. The molecule has 6 nitrogen and oxygen atoms in total. The van der Waals surface area contributed by atoms with Gasteiger partial charge in [0.2, 0.25) is 0 Å². The van der Waals surface area contributed by atoms with Crippen molar-refractivity contribution >= 4 is 0 Å². The first-order chi connectivity index (χ1) is 9.20. The van der Waals surface area contributed by atoms with Gasteiger partial charge in [-0.25, -0.2) is 0 Å². The first-order valence-electron chi connectivity index (χ1n) is 7.83. The number of halogens is 4. The molecule has 0 fully saturated rings. The molecule has 0 heterocycles. The maximum absolute atomic E-state index is 9.63. The SMILES string of the molecule is CC[NH2+]C[C@@H](O)C[NH2+]CCC[NH2+]C[C@H](O)C[NH2+]CC.[Cl-].[Cl-].[Cl-].[Cl-]. The van der Waals surface area contributed by atoms with Gasteiger partial charge in [0.1, 0.15) is 26.2 Å². The van der Waals surface area contributed by atoms with Gasteiger partial charge in [-0.3, -0.25) is 0 Å². The third kappa shape index (κ3) is 28.0. The number of quaternary nitrogens is 4. The highest BCUT2D eigenvalue weighted by molar-refractivity contribution is 4.46. The van der Waals surface area contributed by atoms with Crippen LogP contribution in [0, 0.1) is 0 Å². The average molecular weight is 422 g/mol. The van der Waals surface area contributed by atoms with E-state index in [-0.39, 0.29) is 61.8 Å². The van der Waals surface area contributed by atoms with Crippen LogP contribution < -0.4 is 70.9 Å². The molecule has 0 aliphatic heterocycles. The molecule has 0 spiro atoms. The van der Waals surface area contributed by atoms with Crippen molar-refractivity contribution in [1.29, 1.82) is 0 Å². The van der Waals surface area contributed by atoms with E-state index in [0.717, 1.165) is 58.8 Å². The maximum atomic E-state index is 9.63. The van der Waals surface area contributed by atoms with E-state index < -0.39 is 0 Å². The topological polar surface area (TPSA) is 107 Å². The van der Waals surface area contributed by atoms with Crippen molar-refractivity contribution in [3.05, 3.63) is 0 Å². The minimum absolute atomic E-state index is 0. The van der Waals surface area contributed by atoms with Gasteiger partial charge in [0, 0.05) is 6.42 Å². The van der Waals surface area contributed by atoms with Gasteiger partial charge in [0.25, 0.3) is 0 Å². The lowest BCUT2D eigenvalue weighted by molar-refractivity contribution is -0.704. The summed E-state index contributed by atoms with van der Waals surface area (Å²) >= 11 is 0. The average Bonchev–Trinajstić information content (AvgIpc) is 2.41. The minimum atomic E-state index is -0.199. The molecule has 0 aliphatic rings. The Bertz CT molecular complexity index is 181. The van der Waals surface area contributed by atoms with Crippen LogP contribution in [-0.4, -0.2) is 74.8 Å². The number of nitrogens with two attached hydrogens (primary N) is 4. The summed E-state index contributed by atoms with van der Waals surface area (Å²) in [6.07, 6.45) is 0.722. The van der Waals surface area contributed by atoms with Gasteiger partial charge >= 0.3 is 0 Å². The van der Waals surface area contributed by atoms with Crippen molar-refractivity contribution in [2.75, 3.05) is 52.4 Å². The molecule has 0 unspecified atom stereocenters. The van der Waals surface area contributed by atoms with Gasteiger partial charge in [0.15, 0.2) is 12.2 Å². The maximum Gasteiger partial charge on any atom is 0.151 e. The molecule has 2 atom stereocenters. The molecule has 0 bridgehead atoms. The third-order valence-corrected chi connectivity index (χ3v) is 3.15. The Labute approximate surface area is 166 Å². The first-order valence-corrected chi connectivity index (χ1v) is 7.83. The quantitative estimate of drug-likeness (QED) is 0.157. The summed E-state index contributed by atoms with van der Waals surface area (Å²) in [4.78, 5) is 0. The summed E-state index contributed by atoms with van der Waals surface area (Å²) < 4.78 is 0. The van der Waals surface area contributed by atoms with E-state index in [4.69, 9.17) is 0 Å². The van der Waals surface area contributed by atoms with E-state index in [0.29, 0.717) is 0 Å². The molecule has 0 amide bonds. The van der Waals surface area contributed by atoms with Gasteiger partial charge in [-0.15, -0.1) is 0 Å². The van der Waals surface area contributed by atoms with Crippen LogP contribution in [0.4, 0.5) is 0 Å². The Morgan fingerprint density at radius 1 is 0.609 bits per heavy atom. The lowest BCUT2D eigenvalue weighted by Crippen LogP contribution is -3.00. The summed E-state index contributed by atoms with van der Waals surface area (Å²) in [6, 6.07) is 0. The smallest absolute Gasteiger partial charge is 0.151 e. The predicted molar refractivity (Wildman–Crippen MR) is 74.6 cm³/mol. The number of aliphatic hydroxyl groups is 2. The molecule has 0 saturated carbocycles. The van der Waals surface area contributed by atoms with E-state index in [1.807, 2.05) is 0 Å². The largest absolute Gasteiger partial charge is 1.00 e. The Morgan fingerprint density at radius 2 is 0.913 bits per heavy atom. The van der Waals surface area contributed by atoms with Gasteiger partial charge < -0.3 is 81.1 Å². The van der Waals surface area contributed by atoms with Crippen molar-refractivity contribution in [2.45, 2.75) is 32.5 Å². The zero-order valence-electron chi connectivity index (χ0n) is 14.2. The van der Waals surface area contributed by atoms with Crippen LogP contribution in [-0.2, 0) is 0 Å². The van der Waals surface area contributed by atoms with E-state index in [2.05, 4.69) is 35.1 Å². The zero-order chi connectivity index (χ0) is 14.3. The summed E-state index contributed by atoms with van der Waals surface area (Å²) in [6.45, 7) is 11.6. The Kier molecular flexibility index (Phi) is 42.4. The molecule has 0 aromatic rings. The molecule has 0 aromatic heterocycles. The number of hydrogen-bond donors (Lipinski definition) is 6. The van der Waals surface area contributed by atoms with E-state index in [1.54, 1.807) is 0 Å². The van der Waals surface area contributed by atoms with Crippen molar-refractivity contribution < 1.29 is 81.1 Å². The highest BCUT2D eigenvalue weighted by Crippen LogP contribution is 1.70. The molecule has 10 N–H and O–H groups in total. The third-order valence-electron chi connectivity index (χ3n) is 3.15. The van der Waals surface area contributed by atoms with Gasteiger partial charge in [0.05, 0.1) is 26.2 Å². The zero-order valence-corrected chi connectivity index (χ0v) is 17.3. The van der Waals surface area contributed by atoms with Crippen LogP contribution in [0.1, 0.15) is 20.3 Å². The predicted octanol–water partition coefficient (Wildman–Crippen LogP) is -17.6. The molecule has 0 saturated heterocycles. The van der Waals surface area contributed by atoms with Crippen molar-refractivity contribution in [2.24, 2.45) is 0 Å². The summed E-state index contributed by atoms with van der Waals surface area (Å²) in [5, 5.41) is 27.9. The highest BCUT2D eigenvalue weighted by Gasteiger charge is 2.08. The minimum Gasteiger partial charge on any atom is -1.00 e. The van der Waals surface area contributed by atoms with Crippen LogP contribution in [0.2, 0.25) is 0 Å². The molecule has 0 aliphatic carbocycles. The lowest BCUT2D eigenvalue weighted by atomic mass is 10.3. The second kappa shape index (κ2) is 27.8. The lowest BCUT2D eigenvalue weighted by Gasteiger charge is -2.09. The van der Waals surface area contributed by atoms with Crippen LogP contribution in [0.3, 0.4) is 0 Å². The van der Waals surface area contributed by atoms with Gasteiger partial charge in [-0.2, -0.15) is 0 Å². The van der Waals surface area contributed by atoms with E-state index >= 15 is 0 Å². The molecule has 148 valence electrons.